The first-order valence-electron chi connectivity index (χ1n) is 7.74. The summed E-state index contributed by atoms with van der Waals surface area (Å²) < 4.78 is 9.15. The fraction of sp³-hybridized carbons (Fsp3) is 0.211. The molecule has 0 N–H and O–H groups in total. The average Bonchev–Trinajstić information content (AvgIpc) is 3.03. The normalized spacial score (nSPS) is 10.5. The molecular formula is C19H16N4O3. The van der Waals surface area contributed by atoms with Gasteiger partial charge in [0.2, 0.25) is 0 Å². The van der Waals surface area contributed by atoms with Gasteiger partial charge >= 0.3 is 5.69 Å². The molecule has 0 saturated carbocycles. The number of fused-ring (bicyclic) bond motifs is 1. The summed E-state index contributed by atoms with van der Waals surface area (Å²) in [5, 5.41) is 0. The second-order valence-electron chi connectivity index (χ2n) is 5.57. The molecule has 0 fully saturated rings. The lowest BCUT2D eigenvalue weighted by molar-refractivity contribution is 0.415. The van der Waals surface area contributed by atoms with Crippen LogP contribution >= 0.6 is 0 Å². The summed E-state index contributed by atoms with van der Waals surface area (Å²) in [7, 11) is 3.10. The molecule has 3 rings (SSSR count). The monoisotopic (exact) mass is 348 g/mol. The van der Waals surface area contributed by atoms with Crippen LogP contribution < -0.4 is 16.0 Å². The maximum atomic E-state index is 12.9. The van der Waals surface area contributed by atoms with Crippen LogP contribution in [0, 0.1) is 24.7 Å². The lowest BCUT2D eigenvalue weighted by atomic mass is 10.2. The minimum atomic E-state index is -0.525. The minimum absolute atomic E-state index is 0.118. The van der Waals surface area contributed by atoms with Crippen LogP contribution in [0.1, 0.15) is 0 Å². The lowest BCUT2D eigenvalue weighted by Gasteiger charge is -2.08. The van der Waals surface area contributed by atoms with E-state index in [1.165, 1.54) is 4.57 Å². The van der Waals surface area contributed by atoms with Gasteiger partial charge in [-0.15, -0.1) is 12.8 Å². The van der Waals surface area contributed by atoms with Crippen LogP contribution in [0.5, 0.6) is 5.75 Å². The van der Waals surface area contributed by atoms with Gasteiger partial charge in [-0.25, -0.2) is 14.3 Å². The number of terminal acetylenes is 2. The summed E-state index contributed by atoms with van der Waals surface area (Å²) in [6, 6.07) is 7.22. The van der Waals surface area contributed by atoms with Crippen LogP contribution in [-0.2, 0) is 20.1 Å². The molecule has 2 heterocycles. The summed E-state index contributed by atoms with van der Waals surface area (Å²) in [6.07, 6.45) is 10.8. The Labute approximate surface area is 149 Å². The maximum absolute atomic E-state index is 12.9. The Balaban J connectivity index is 2.44. The second kappa shape index (κ2) is 6.66. The molecule has 1 aromatic carbocycles. The van der Waals surface area contributed by atoms with Crippen molar-refractivity contribution in [3.63, 3.8) is 0 Å². The molecule has 7 nitrogen and oxygen atoms in total. The van der Waals surface area contributed by atoms with Crippen molar-refractivity contribution in [1.82, 2.24) is 18.7 Å². The molecule has 0 atom stereocenters. The van der Waals surface area contributed by atoms with E-state index < -0.39 is 11.2 Å². The van der Waals surface area contributed by atoms with Crippen molar-refractivity contribution in [3.05, 3.63) is 45.1 Å². The van der Waals surface area contributed by atoms with Gasteiger partial charge in [0.1, 0.15) is 11.6 Å². The van der Waals surface area contributed by atoms with Crippen LogP contribution in [0.25, 0.3) is 22.6 Å². The first kappa shape index (κ1) is 17.1. The van der Waals surface area contributed by atoms with Gasteiger partial charge in [0, 0.05) is 12.6 Å². The molecule has 7 heteroatoms. The van der Waals surface area contributed by atoms with Crippen LogP contribution in [0.4, 0.5) is 0 Å². The van der Waals surface area contributed by atoms with E-state index >= 15 is 0 Å². The van der Waals surface area contributed by atoms with Gasteiger partial charge in [-0.3, -0.25) is 9.36 Å². The number of hydrogen-bond acceptors (Lipinski definition) is 4. The van der Waals surface area contributed by atoms with Gasteiger partial charge in [-0.2, -0.15) is 0 Å². The molecule has 0 radical (unpaired) electrons. The molecule has 0 saturated heterocycles. The zero-order chi connectivity index (χ0) is 18.8. The molecule has 2 aromatic heterocycles. The number of ether oxygens (including phenoxy) is 1. The largest absolute Gasteiger partial charge is 0.497 e. The van der Waals surface area contributed by atoms with E-state index in [1.807, 2.05) is 12.1 Å². The van der Waals surface area contributed by atoms with Crippen LogP contribution in [0.15, 0.2) is 33.9 Å². The predicted octanol–water partition coefficient (Wildman–Crippen LogP) is 0.839. The summed E-state index contributed by atoms with van der Waals surface area (Å²) in [6.45, 7) is -0.0102. The second-order valence-corrected chi connectivity index (χ2v) is 5.57. The van der Waals surface area contributed by atoms with Crippen LogP contribution in [0.2, 0.25) is 0 Å². The number of benzene rings is 1. The van der Waals surface area contributed by atoms with E-state index in [1.54, 1.807) is 30.9 Å². The molecule has 0 bridgehead atoms. The molecule has 0 amide bonds. The fourth-order valence-electron chi connectivity index (χ4n) is 2.83. The van der Waals surface area contributed by atoms with Crippen molar-refractivity contribution in [2.45, 2.75) is 13.1 Å². The lowest BCUT2D eigenvalue weighted by Crippen LogP contribution is -2.39. The molecule has 26 heavy (non-hydrogen) atoms. The van der Waals surface area contributed by atoms with Crippen molar-refractivity contribution in [3.8, 4) is 41.8 Å². The molecule has 0 unspecified atom stereocenters. The Hall–Kier alpha value is -3.71. The number of aromatic nitrogens is 4. The van der Waals surface area contributed by atoms with E-state index in [4.69, 9.17) is 17.6 Å². The highest BCUT2D eigenvalue weighted by Gasteiger charge is 2.20. The van der Waals surface area contributed by atoms with Gasteiger partial charge in [0.05, 0.1) is 20.2 Å². The standard InChI is InChI=1S/C19H16N4O3/c1-5-10-22-15-17(21(3)19(25)23(11-6-2)18(15)24)20-16(22)13-8-7-9-14(12-13)26-4/h1-2,7-9,12H,10-11H2,3-4H3. The smallest absolute Gasteiger partial charge is 0.333 e. The van der Waals surface area contributed by atoms with E-state index in [-0.39, 0.29) is 24.3 Å². The summed E-state index contributed by atoms with van der Waals surface area (Å²) in [5.74, 6) is 5.97. The number of aryl methyl sites for hydroxylation is 1. The number of nitrogens with zero attached hydrogens (tertiary/aromatic N) is 4. The molecule has 0 aliphatic rings. The molecule has 130 valence electrons. The number of imidazole rings is 1. The van der Waals surface area contributed by atoms with E-state index in [0.717, 1.165) is 4.57 Å². The Kier molecular flexibility index (Phi) is 4.38. The average molecular weight is 348 g/mol. The van der Waals surface area contributed by atoms with Crippen molar-refractivity contribution >= 4 is 11.2 Å². The van der Waals surface area contributed by atoms with Gasteiger partial charge in [-0.05, 0) is 12.1 Å². The third kappa shape index (κ3) is 2.56. The highest BCUT2D eigenvalue weighted by molar-refractivity contribution is 5.77. The zero-order valence-electron chi connectivity index (χ0n) is 14.4. The Morgan fingerprint density at radius 3 is 2.50 bits per heavy atom. The van der Waals surface area contributed by atoms with Crippen LogP contribution in [-0.4, -0.2) is 25.8 Å². The SMILES string of the molecule is C#CCn1c(=O)c2c(nc(-c3cccc(OC)c3)n2CC#C)n(C)c1=O. The van der Waals surface area contributed by atoms with Crippen molar-refractivity contribution in [2.24, 2.45) is 7.05 Å². The summed E-state index contributed by atoms with van der Waals surface area (Å²) in [4.78, 5) is 29.8. The number of hydrogen-bond donors (Lipinski definition) is 0. The molecule has 3 aromatic rings. The maximum Gasteiger partial charge on any atom is 0.333 e. The topological polar surface area (TPSA) is 71.1 Å². The molecule has 0 spiro atoms. The zero-order valence-corrected chi connectivity index (χ0v) is 14.4. The molecule has 0 aliphatic carbocycles. The fourth-order valence-corrected chi connectivity index (χ4v) is 2.83. The van der Waals surface area contributed by atoms with Gasteiger partial charge in [-0.1, -0.05) is 24.0 Å². The van der Waals surface area contributed by atoms with E-state index in [9.17, 15) is 9.59 Å². The van der Waals surface area contributed by atoms with E-state index in [0.29, 0.717) is 17.1 Å². The third-order valence-electron chi connectivity index (χ3n) is 4.06. The first-order chi connectivity index (χ1) is 12.5. The predicted molar refractivity (Wildman–Crippen MR) is 98.9 cm³/mol. The molecule has 0 aliphatic heterocycles. The quantitative estimate of drug-likeness (QED) is 0.655. The van der Waals surface area contributed by atoms with Crippen molar-refractivity contribution < 1.29 is 4.74 Å². The van der Waals surface area contributed by atoms with Gasteiger partial charge in [0.25, 0.3) is 5.56 Å². The van der Waals surface area contributed by atoms with Crippen LogP contribution in [0.3, 0.4) is 0 Å². The molecular weight excluding hydrogens is 332 g/mol. The van der Waals surface area contributed by atoms with Gasteiger partial charge < -0.3 is 9.30 Å². The highest BCUT2D eigenvalue weighted by atomic mass is 16.5. The van der Waals surface area contributed by atoms with Crippen molar-refractivity contribution in [2.75, 3.05) is 7.11 Å². The van der Waals surface area contributed by atoms with E-state index in [2.05, 4.69) is 16.8 Å². The number of rotatable bonds is 4. The highest BCUT2D eigenvalue weighted by Crippen LogP contribution is 2.25. The Bertz CT molecular complexity index is 1200. The number of methoxy groups -OCH3 is 1. The van der Waals surface area contributed by atoms with Crippen molar-refractivity contribution in [1.29, 1.82) is 0 Å². The minimum Gasteiger partial charge on any atom is -0.497 e. The summed E-state index contributed by atoms with van der Waals surface area (Å²) >= 11 is 0. The summed E-state index contributed by atoms with van der Waals surface area (Å²) in [5.41, 5.74) is 0.159. The first-order valence-corrected chi connectivity index (χ1v) is 7.74. The van der Waals surface area contributed by atoms with Gasteiger partial charge in [0.15, 0.2) is 11.2 Å². The Morgan fingerprint density at radius 1 is 1.15 bits per heavy atom. The Morgan fingerprint density at radius 2 is 1.85 bits per heavy atom. The third-order valence-corrected chi connectivity index (χ3v) is 4.06.